The fourth-order valence-corrected chi connectivity index (χ4v) is 1.98. The molecule has 0 radical (unpaired) electrons. The summed E-state index contributed by atoms with van der Waals surface area (Å²) in [5.41, 5.74) is 2.67. The molecule has 2 amide bonds. The van der Waals surface area contributed by atoms with E-state index in [2.05, 4.69) is 10.6 Å². The van der Waals surface area contributed by atoms with E-state index < -0.39 is 11.8 Å². The first-order chi connectivity index (χ1) is 11.1. The van der Waals surface area contributed by atoms with E-state index in [1.165, 1.54) is 0 Å². The van der Waals surface area contributed by atoms with Crippen molar-refractivity contribution in [1.29, 1.82) is 0 Å². The Balaban J connectivity index is 1.93. The van der Waals surface area contributed by atoms with Crippen molar-refractivity contribution in [1.82, 2.24) is 5.32 Å². The molecule has 0 bridgehead atoms. The quantitative estimate of drug-likeness (QED) is 0.739. The monoisotopic (exact) mass is 312 g/mol. The summed E-state index contributed by atoms with van der Waals surface area (Å²) in [6, 6.07) is 17.2. The highest BCUT2D eigenvalue weighted by molar-refractivity contribution is 6.39. The number of hydrogen-bond donors (Lipinski definition) is 3. The van der Waals surface area contributed by atoms with Crippen LogP contribution >= 0.6 is 0 Å². The average molecular weight is 312 g/mol. The fraction of sp³-hybridized carbons (Fsp3) is 0.222. The third-order valence-corrected chi connectivity index (χ3v) is 3.38. The molecule has 23 heavy (non-hydrogen) atoms. The normalized spacial score (nSPS) is 11.6. The number of amides is 2. The summed E-state index contributed by atoms with van der Waals surface area (Å²) in [5.74, 6) is -1.52. The molecule has 0 saturated carbocycles. The molecule has 0 aromatic heterocycles. The molecule has 5 nitrogen and oxygen atoms in total. The second kappa shape index (κ2) is 8.10. The second-order valence-corrected chi connectivity index (χ2v) is 5.40. The highest BCUT2D eigenvalue weighted by atomic mass is 16.3. The summed E-state index contributed by atoms with van der Waals surface area (Å²) in [6.45, 7) is 2.00. The van der Waals surface area contributed by atoms with Gasteiger partial charge in [-0.15, -0.1) is 0 Å². The number of anilines is 1. The van der Waals surface area contributed by atoms with E-state index in [9.17, 15) is 9.59 Å². The summed E-state index contributed by atoms with van der Waals surface area (Å²) in [5, 5.41) is 13.9. The Morgan fingerprint density at radius 2 is 1.57 bits per heavy atom. The van der Waals surface area contributed by atoms with Gasteiger partial charge >= 0.3 is 11.8 Å². The Bertz CT molecular complexity index is 654. The standard InChI is InChI=1S/C18H20N2O3/c1-13(12-21)11-19-17(22)18(23)20-16-9-7-15(8-10-16)14-5-3-2-4-6-14/h2-10,13,21H,11-12H2,1H3,(H,19,22)(H,20,23). The Morgan fingerprint density at radius 1 is 0.957 bits per heavy atom. The van der Waals surface area contributed by atoms with Crippen molar-refractivity contribution in [2.75, 3.05) is 18.5 Å². The van der Waals surface area contributed by atoms with Crippen LogP contribution in [0.1, 0.15) is 6.92 Å². The smallest absolute Gasteiger partial charge is 0.313 e. The molecule has 1 atom stereocenters. The first kappa shape index (κ1) is 16.7. The van der Waals surface area contributed by atoms with Crippen molar-refractivity contribution in [3.05, 3.63) is 54.6 Å². The molecule has 0 saturated heterocycles. The van der Waals surface area contributed by atoms with E-state index in [0.717, 1.165) is 11.1 Å². The van der Waals surface area contributed by atoms with E-state index >= 15 is 0 Å². The molecule has 0 aliphatic heterocycles. The zero-order chi connectivity index (χ0) is 16.7. The lowest BCUT2D eigenvalue weighted by molar-refractivity contribution is -0.136. The number of aliphatic hydroxyl groups excluding tert-OH is 1. The van der Waals surface area contributed by atoms with Crippen LogP contribution in [0, 0.1) is 5.92 Å². The van der Waals surface area contributed by atoms with Gasteiger partial charge < -0.3 is 15.7 Å². The number of benzene rings is 2. The number of hydrogen-bond acceptors (Lipinski definition) is 3. The van der Waals surface area contributed by atoms with Crippen molar-refractivity contribution in [3.63, 3.8) is 0 Å². The lowest BCUT2D eigenvalue weighted by atomic mass is 10.1. The fourth-order valence-electron chi connectivity index (χ4n) is 1.98. The van der Waals surface area contributed by atoms with Crippen molar-refractivity contribution in [2.45, 2.75) is 6.92 Å². The van der Waals surface area contributed by atoms with Crippen molar-refractivity contribution < 1.29 is 14.7 Å². The summed E-state index contributed by atoms with van der Waals surface area (Å²) < 4.78 is 0. The first-order valence-electron chi connectivity index (χ1n) is 7.45. The highest BCUT2D eigenvalue weighted by Gasteiger charge is 2.14. The number of carbonyl (C=O) groups is 2. The zero-order valence-corrected chi connectivity index (χ0v) is 13.0. The molecule has 0 heterocycles. The minimum atomic E-state index is -0.720. The molecule has 120 valence electrons. The van der Waals surface area contributed by atoms with Crippen LogP contribution in [-0.4, -0.2) is 30.1 Å². The Morgan fingerprint density at radius 3 is 2.17 bits per heavy atom. The van der Waals surface area contributed by atoms with Crippen molar-refractivity contribution >= 4 is 17.5 Å². The number of carbonyl (C=O) groups excluding carboxylic acids is 2. The van der Waals surface area contributed by atoms with Crippen LogP contribution in [0.15, 0.2) is 54.6 Å². The molecular weight excluding hydrogens is 292 g/mol. The van der Waals surface area contributed by atoms with Crippen LogP contribution < -0.4 is 10.6 Å². The molecule has 3 N–H and O–H groups in total. The van der Waals surface area contributed by atoms with Crippen molar-refractivity contribution in [3.8, 4) is 11.1 Å². The predicted octanol–water partition coefficient (Wildman–Crippen LogP) is 2.04. The molecule has 5 heteroatoms. The second-order valence-electron chi connectivity index (χ2n) is 5.40. The van der Waals surface area contributed by atoms with Gasteiger partial charge in [-0.2, -0.15) is 0 Å². The van der Waals surface area contributed by atoms with Gasteiger partial charge in [-0.3, -0.25) is 9.59 Å². The van der Waals surface area contributed by atoms with E-state index in [0.29, 0.717) is 5.69 Å². The number of rotatable bonds is 5. The highest BCUT2D eigenvalue weighted by Crippen LogP contribution is 2.20. The molecule has 2 aromatic rings. The molecule has 0 aliphatic carbocycles. The Kier molecular flexibility index (Phi) is 5.88. The van der Waals surface area contributed by atoms with E-state index in [1.54, 1.807) is 19.1 Å². The van der Waals surface area contributed by atoms with Crippen LogP contribution in [0.3, 0.4) is 0 Å². The lowest BCUT2D eigenvalue weighted by Crippen LogP contribution is -2.38. The van der Waals surface area contributed by atoms with E-state index in [-0.39, 0.29) is 19.1 Å². The van der Waals surface area contributed by atoms with Gasteiger partial charge in [0, 0.05) is 18.8 Å². The average Bonchev–Trinajstić information content (AvgIpc) is 2.60. The maximum Gasteiger partial charge on any atom is 0.313 e. The summed E-state index contributed by atoms with van der Waals surface area (Å²) in [6.07, 6.45) is 0. The molecular formula is C18H20N2O3. The minimum absolute atomic E-state index is 0.0388. The van der Waals surface area contributed by atoms with Crippen LogP contribution in [0.4, 0.5) is 5.69 Å². The molecule has 2 aromatic carbocycles. The maximum atomic E-state index is 11.8. The molecule has 0 aliphatic rings. The molecule has 0 spiro atoms. The first-order valence-corrected chi connectivity index (χ1v) is 7.45. The third-order valence-electron chi connectivity index (χ3n) is 3.38. The summed E-state index contributed by atoms with van der Waals surface area (Å²) >= 11 is 0. The zero-order valence-electron chi connectivity index (χ0n) is 13.0. The maximum absolute atomic E-state index is 11.8. The lowest BCUT2D eigenvalue weighted by Gasteiger charge is -2.10. The van der Waals surface area contributed by atoms with Gasteiger partial charge in [0.1, 0.15) is 0 Å². The Labute approximate surface area is 135 Å². The number of aliphatic hydroxyl groups is 1. The van der Waals surface area contributed by atoms with E-state index in [1.807, 2.05) is 42.5 Å². The van der Waals surface area contributed by atoms with Gasteiger partial charge in [-0.05, 0) is 29.2 Å². The third kappa shape index (κ3) is 4.93. The van der Waals surface area contributed by atoms with E-state index in [4.69, 9.17) is 5.11 Å². The summed E-state index contributed by atoms with van der Waals surface area (Å²) in [4.78, 5) is 23.4. The van der Waals surface area contributed by atoms with Gasteiger partial charge in [-0.25, -0.2) is 0 Å². The largest absolute Gasteiger partial charge is 0.396 e. The van der Waals surface area contributed by atoms with Crippen molar-refractivity contribution in [2.24, 2.45) is 5.92 Å². The van der Waals surface area contributed by atoms with Gasteiger partial charge in [0.25, 0.3) is 0 Å². The SMILES string of the molecule is CC(CO)CNC(=O)C(=O)Nc1ccc(-c2ccccc2)cc1. The predicted molar refractivity (Wildman–Crippen MR) is 89.8 cm³/mol. The van der Waals surface area contributed by atoms with Crippen LogP contribution in [-0.2, 0) is 9.59 Å². The van der Waals surface area contributed by atoms with Crippen LogP contribution in [0.25, 0.3) is 11.1 Å². The van der Waals surface area contributed by atoms with Gasteiger partial charge in [0.05, 0.1) is 0 Å². The van der Waals surface area contributed by atoms with Gasteiger partial charge in [0.15, 0.2) is 0 Å². The van der Waals surface area contributed by atoms with Crippen LogP contribution in [0.5, 0.6) is 0 Å². The molecule has 1 unspecified atom stereocenters. The number of nitrogens with one attached hydrogen (secondary N) is 2. The van der Waals surface area contributed by atoms with Gasteiger partial charge in [0.2, 0.25) is 0 Å². The van der Waals surface area contributed by atoms with Crippen LogP contribution in [0.2, 0.25) is 0 Å². The van der Waals surface area contributed by atoms with Gasteiger partial charge in [-0.1, -0.05) is 49.4 Å². The topological polar surface area (TPSA) is 78.4 Å². The molecule has 2 rings (SSSR count). The summed E-state index contributed by atoms with van der Waals surface area (Å²) in [7, 11) is 0. The minimum Gasteiger partial charge on any atom is -0.396 e. The molecule has 0 fully saturated rings. The Hall–Kier alpha value is -2.66.